The number of anilines is 2. The fraction of sp³-hybridized carbons (Fsp3) is 0.0870. The van der Waals surface area contributed by atoms with E-state index in [0.717, 1.165) is 28.0 Å². The van der Waals surface area contributed by atoms with Crippen LogP contribution in [0.2, 0.25) is 5.02 Å². The first-order valence-corrected chi connectivity index (χ1v) is 10.6. The summed E-state index contributed by atoms with van der Waals surface area (Å²) in [4.78, 5) is 18.1. The largest absolute Gasteiger partial charge is 0.397 e. The number of nitrogen functional groups attached to an aromatic ring is 2. The van der Waals surface area contributed by atoms with Gasteiger partial charge in [0.05, 0.1) is 5.69 Å². The highest BCUT2D eigenvalue weighted by Crippen LogP contribution is 2.42. The SMILES string of the molecule is Cc1ccc(-c2c(C#N)c(N)nc3sc(C(=O)NCc4ccccc4Cl)c(N)c23)cc1. The van der Waals surface area contributed by atoms with Crippen LogP contribution in [0.4, 0.5) is 11.5 Å². The summed E-state index contributed by atoms with van der Waals surface area (Å²) < 4.78 is 0. The Kier molecular flexibility index (Phi) is 5.51. The predicted molar refractivity (Wildman–Crippen MR) is 126 cm³/mol. The smallest absolute Gasteiger partial charge is 0.263 e. The molecule has 6 nitrogen and oxygen atoms in total. The van der Waals surface area contributed by atoms with E-state index in [1.165, 1.54) is 0 Å². The minimum absolute atomic E-state index is 0.106. The molecule has 0 saturated carbocycles. The number of halogens is 1. The number of nitrogens with zero attached hydrogens (tertiary/aromatic N) is 2. The van der Waals surface area contributed by atoms with Gasteiger partial charge in [-0.25, -0.2) is 4.98 Å². The first kappa shape index (κ1) is 20.7. The molecule has 0 radical (unpaired) electrons. The van der Waals surface area contributed by atoms with E-state index in [0.29, 0.717) is 25.7 Å². The maximum Gasteiger partial charge on any atom is 0.263 e. The van der Waals surface area contributed by atoms with Crippen LogP contribution in [0.25, 0.3) is 21.3 Å². The summed E-state index contributed by atoms with van der Waals surface area (Å²) in [5.41, 5.74) is 16.2. The number of hydrogen-bond donors (Lipinski definition) is 3. The highest BCUT2D eigenvalue weighted by Gasteiger charge is 2.24. The second-order valence-electron chi connectivity index (χ2n) is 7.02. The summed E-state index contributed by atoms with van der Waals surface area (Å²) in [5.74, 6) is -0.234. The Morgan fingerprint density at radius 1 is 1.19 bits per heavy atom. The molecule has 2 heterocycles. The lowest BCUT2D eigenvalue weighted by molar-refractivity contribution is 0.0956. The molecule has 0 aliphatic rings. The molecule has 4 rings (SSSR count). The van der Waals surface area contributed by atoms with Crippen molar-refractivity contribution in [3.05, 3.63) is 75.1 Å². The molecule has 0 aliphatic carbocycles. The van der Waals surface area contributed by atoms with Crippen molar-refractivity contribution in [1.29, 1.82) is 5.26 Å². The fourth-order valence-corrected chi connectivity index (χ4v) is 4.59. The molecule has 0 fully saturated rings. The molecule has 31 heavy (non-hydrogen) atoms. The second-order valence-corrected chi connectivity index (χ2v) is 8.43. The highest BCUT2D eigenvalue weighted by atomic mass is 35.5. The zero-order chi connectivity index (χ0) is 22.1. The zero-order valence-electron chi connectivity index (χ0n) is 16.6. The van der Waals surface area contributed by atoms with Crippen LogP contribution in [-0.4, -0.2) is 10.9 Å². The number of thiophene rings is 1. The predicted octanol–water partition coefficient (Wildman–Crippen LogP) is 4.89. The van der Waals surface area contributed by atoms with Crippen molar-refractivity contribution in [3.8, 4) is 17.2 Å². The number of carbonyl (C=O) groups excluding carboxylic acids is 1. The molecule has 5 N–H and O–H groups in total. The Balaban J connectivity index is 1.80. The number of aromatic nitrogens is 1. The lowest BCUT2D eigenvalue weighted by Gasteiger charge is -2.10. The number of nitrogens with two attached hydrogens (primary N) is 2. The summed E-state index contributed by atoms with van der Waals surface area (Å²) in [6, 6.07) is 17.1. The summed E-state index contributed by atoms with van der Waals surface area (Å²) in [6.07, 6.45) is 0. The van der Waals surface area contributed by atoms with Crippen LogP contribution in [0.5, 0.6) is 0 Å². The second kappa shape index (κ2) is 8.26. The van der Waals surface area contributed by atoms with E-state index in [4.69, 9.17) is 23.1 Å². The van der Waals surface area contributed by atoms with Crippen molar-refractivity contribution >= 4 is 50.6 Å². The number of fused-ring (bicyclic) bond motifs is 1. The van der Waals surface area contributed by atoms with E-state index in [1.807, 2.05) is 49.4 Å². The van der Waals surface area contributed by atoms with Crippen molar-refractivity contribution in [2.75, 3.05) is 11.5 Å². The quantitative estimate of drug-likeness (QED) is 0.411. The van der Waals surface area contributed by atoms with E-state index >= 15 is 0 Å². The van der Waals surface area contributed by atoms with Gasteiger partial charge >= 0.3 is 0 Å². The number of rotatable bonds is 4. The molecular weight excluding hydrogens is 430 g/mol. The molecule has 0 atom stereocenters. The van der Waals surface area contributed by atoms with Crippen LogP contribution in [0, 0.1) is 18.3 Å². The van der Waals surface area contributed by atoms with Gasteiger partial charge in [-0.15, -0.1) is 11.3 Å². The molecule has 0 bridgehead atoms. The van der Waals surface area contributed by atoms with Gasteiger partial charge in [0.2, 0.25) is 0 Å². The van der Waals surface area contributed by atoms with E-state index in [-0.39, 0.29) is 29.5 Å². The van der Waals surface area contributed by atoms with Crippen molar-refractivity contribution in [3.63, 3.8) is 0 Å². The minimum atomic E-state index is -0.340. The van der Waals surface area contributed by atoms with Crippen molar-refractivity contribution < 1.29 is 4.79 Å². The van der Waals surface area contributed by atoms with Crippen molar-refractivity contribution in [2.24, 2.45) is 0 Å². The monoisotopic (exact) mass is 447 g/mol. The van der Waals surface area contributed by atoms with Crippen LogP contribution >= 0.6 is 22.9 Å². The number of amides is 1. The molecule has 4 aromatic rings. The van der Waals surface area contributed by atoms with E-state index in [1.54, 1.807) is 6.07 Å². The summed E-state index contributed by atoms with van der Waals surface area (Å²) in [6.45, 7) is 2.24. The number of nitriles is 1. The van der Waals surface area contributed by atoms with Crippen LogP contribution < -0.4 is 16.8 Å². The normalized spacial score (nSPS) is 10.7. The Bertz CT molecular complexity index is 1360. The lowest BCUT2D eigenvalue weighted by atomic mass is 9.96. The van der Waals surface area contributed by atoms with Gasteiger partial charge in [-0.05, 0) is 24.1 Å². The first-order valence-electron chi connectivity index (χ1n) is 9.41. The third kappa shape index (κ3) is 3.79. The van der Waals surface area contributed by atoms with Gasteiger partial charge in [0.25, 0.3) is 5.91 Å². The fourth-order valence-electron chi connectivity index (χ4n) is 3.36. The minimum Gasteiger partial charge on any atom is -0.397 e. The highest BCUT2D eigenvalue weighted by molar-refractivity contribution is 7.21. The molecule has 0 spiro atoms. The molecule has 1 amide bonds. The van der Waals surface area contributed by atoms with E-state index in [9.17, 15) is 10.1 Å². The molecule has 2 aromatic heterocycles. The first-order chi connectivity index (χ1) is 14.9. The Labute approximate surface area is 188 Å². The maximum absolute atomic E-state index is 12.9. The van der Waals surface area contributed by atoms with Gasteiger partial charge in [-0.2, -0.15) is 5.26 Å². The molecular formula is C23H18ClN5OS. The van der Waals surface area contributed by atoms with E-state index in [2.05, 4.69) is 16.4 Å². The summed E-state index contributed by atoms with van der Waals surface area (Å²) in [5, 5.41) is 13.7. The zero-order valence-corrected chi connectivity index (χ0v) is 18.1. The number of nitrogens with one attached hydrogen (secondary N) is 1. The number of benzene rings is 2. The molecule has 8 heteroatoms. The standard InChI is InChI=1S/C23H18ClN5OS/c1-12-6-8-13(9-7-12)17-15(10-25)21(27)29-23-18(17)19(26)20(31-23)22(30)28-11-14-4-2-3-5-16(14)24/h2-9H,11,26H2,1H3,(H2,27,29)(H,28,30). The van der Waals surface area contributed by atoms with Gasteiger partial charge in [-0.3, -0.25) is 4.79 Å². The molecule has 0 aliphatic heterocycles. The van der Waals surface area contributed by atoms with E-state index < -0.39 is 0 Å². The van der Waals surface area contributed by atoms with Crippen LogP contribution in [0.3, 0.4) is 0 Å². The molecule has 154 valence electrons. The number of aryl methyl sites for hydroxylation is 1. The van der Waals surface area contributed by atoms with Crippen LogP contribution in [0.15, 0.2) is 48.5 Å². The number of pyridine rings is 1. The van der Waals surface area contributed by atoms with Gasteiger partial charge in [0.1, 0.15) is 27.2 Å². The average molecular weight is 448 g/mol. The van der Waals surface area contributed by atoms with Gasteiger partial charge in [0.15, 0.2) is 0 Å². The topological polar surface area (TPSA) is 118 Å². The Morgan fingerprint density at radius 2 is 1.90 bits per heavy atom. The van der Waals surface area contributed by atoms with Crippen LogP contribution in [-0.2, 0) is 6.54 Å². The third-order valence-electron chi connectivity index (χ3n) is 4.96. The summed E-state index contributed by atoms with van der Waals surface area (Å²) in [7, 11) is 0. The average Bonchev–Trinajstić information content (AvgIpc) is 3.08. The third-order valence-corrected chi connectivity index (χ3v) is 6.43. The molecule has 0 unspecified atom stereocenters. The van der Waals surface area contributed by atoms with Crippen molar-refractivity contribution in [1.82, 2.24) is 10.3 Å². The Morgan fingerprint density at radius 3 is 2.58 bits per heavy atom. The van der Waals surface area contributed by atoms with Gasteiger partial charge in [0, 0.05) is 22.5 Å². The van der Waals surface area contributed by atoms with Gasteiger partial charge in [-0.1, -0.05) is 59.6 Å². The number of hydrogen-bond acceptors (Lipinski definition) is 6. The lowest BCUT2D eigenvalue weighted by Crippen LogP contribution is -2.22. The molecule has 0 saturated heterocycles. The number of carbonyl (C=O) groups is 1. The van der Waals surface area contributed by atoms with Crippen LogP contribution in [0.1, 0.15) is 26.4 Å². The summed E-state index contributed by atoms with van der Waals surface area (Å²) >= 11 is 7.32. The Hall–Kier alpha value is -3.60. The maximum atomic E-state index is 12.9. The van der Waals surface area contributed by atoms with Gasteiger partial charge < -0.3 is 16.8 Å². The molecule has 2 aromatic carbocycles. The van der Waals surface area contributed by atoms with Crippen molar-refractivity contribution in [2.45, 2.75) is 13.5 Å².